The number of amides is 2. The first-order valence-corrected chi connectivity index (χ1v) is 6.68. The molecule has 1 saturated heterocycles. The zero-order chi connectivity index (χ0) is 12.1. The van der Waals surface area contributed by atoms with Gasteiger partial charge in [0.1, 0.15) is 0 Å². The molecule has 0 bridgehead atoms. The molecule has 1 N–H and O–H groups in total. The van der Waals surface area contributed by atoms with Crippen molar-refractivity contribution in [2.75, 3.05) is 0 Å². The Labute approximate surface area is 99.6 Å². The molecule has 2 atom stereocenters. The molecule has 1 heterocycles. The van der Waals surface area contributed by atoms with Crippen molar-refractivity contribution >= 4 is 6.03 Å². The lowest BCUT2D eigenvalue weighted by atomic mass is 9.98. The minimum Gasteiger partial charge on any atom is -0.335 e. The standard InChI is InChI=1S/C13H26N2O/c1-5-12(6-2)14-13(16)15-10(3)8-7-9-11(15)4/h10-12H,5-9H2,1-4H3,(H,14,16). The summed E-state index contributed by atoms with van der Waals surface area (Å²) in [7, 11) is 0. The summed E-state index contributed by atoms with van der Waals surface area (Å²) in [5.41, 5.74) is 0. The van der Waals surface area contributed by atoms with Crippen LogP contribution in [0.5, 0.6) is 0 Å². The molecule has 0 aromatic carbocycles. The number of hydrogen-bond acceptors (Lipinski definition) is 1. The largest absolute Gasteiger partial charge is 0.335 e. The monoisotopic (exact) mass is 226 g/mol. The summed E-state index contributed by atoms with van der Waals surface area (Å²) < 4.78 is 0. The maximum atomic E-state index is 12.2. The Kier molecular flexibility index (Phi) is 5.10. The van der Waals surface area contributed by atoms with E-state index in [1.807, 2.05) is 4.90 Å². The molecule has 1 aliphatic heterocycles. The van der Waals surface area contributed by atoms with Crippen molar-refractivity contribution < 1.29 is 4.79 Å². The van der Waals surface area contributed by atoms with E-state index >= 15 is 0 Å². The van der Waals surface area contributed by atoms with Crippen molar-refractivity contribution in [3.05, 3.63) is 0 Å². The number of piperidine rings is 1. The van der Waals surface area contributed by atoms with Gasteiger partial charge in [0.15, 0.2) is 0 Å². The van der Waals surface area contributed by atoms with Gasteiger partial charge in [-0.1, -0.05) is 13.8 Å². The quantitative estimate of drug-likeness (QED) is 0.787. The number of rotatable bonds is 3. The van der Waals surface area contributed by atoms with Crippen molar-refractivity contribution in [3.63, 3.8) is 0 Å². The van der Waals surface area contributed by atoms with Gasteiger partial charge >= 0.3 is 6.03 Å². The fourth-order valence-electron chi connectivity index (χ4n) is 2.56. The lowest BCUT2D eigenvalue weighted by molar-refractivity contribution is 0.120. The average molecular weight is 226 g/mol. The number of hydrogen-bond donors (Lipinski definition) is 1. The fraction of sp³-hybridized carbons (Fsp3) is 0.923. The Hall–Kier alpha value is -0.730. The van der Waals surface area contributed by atoms with E-state index in [4.69, 9.17) is 0 Å². The highest BCUT2D eigenvalue weighted by Crippen LogP contribution is 2.22. The molecule has 1 rings (SSSR count). The molecule has 0 aromatic heterocycles. The van der Waals surface area contributed by atoms with Crippen LogP contribution in [0.15, 0.2) is 0 Å². The van der Waals surface area contributed by atoms with Crippen LogP contribution in [0.1, 0.15) is 59.8 Å². The number of carbonyl (C=O) groups excluding carboxylic acids is 1. The second-order valence-electron chi connectivity index (χ2n) is 5.00. The molecule has 0 spiro atoms. The number of nitrogens with zero attached hydrogens (tertiary/aromatic N) is 1. The Bertz CT molecular complexity index is 216. The Morgan fingerprint density at radius 1 is 1.25 bits per heavy atom. The van der Waals surface area contributed by atoms with E-state index in [-0.39, 0.29) is 6.03 Å². The topological polar surface area (TPSA) is 32.3 Å². The van der Waals surface area contributed by atoms with Gasteiger partial charge in [0.2, 0.25) is 0 Å². The molecule has 2 amide bonds. The van der Waals surface area contributed by atoms with Gasteiger partial charge in [-0.15, -0.1) is 0 Å². The number of nitrogens with one attached hydrogen (secondary N) is 1. The summed E-state index contributed by atoms with van der Waals surface area (Å²) in [5, 5.41) is 3.13. The van der Waals surface area contributed by atoms with Gasteiger partial charge in [0.25, 0.3) is 0 Å². The summed E-state index contributed by atoms with van der Waals surface area (Å²) in [4.78, 5) is 14.2. The second-order valence-corrected chi connectivity index (χ2v) is 5.00. The van der Waals surface area contributed by atoms with Crippen molar-refractivity contribution in [1.29, 1.82) is 0 Å². The van der Waals surface area contributed by atoms with Crippen molar-refractivity contribution in [2.24, 2.45) is 0 Å². The van der Waals surface area contributed by atoms with Gasteiger partial charge in [0.05, 0.1) is 0 Å². The lowest BCUT2D eigenvalue weighted by Gasteiger charge is -2.39. The van der Waals surface area contributed by atoms with Crippen molar-refractivity contribution in [3.8, 4) is 0 Å². The Balaban J connectivity index is 2.56. The highest BCUT2D eigenvalue weighted by molar-refractivity contribution is 5.75. The third-order valence-corrected chi connectivity index (χ3v) is 3.74. The molecular weight excluding hydrogens is 200 g/mol. The van der Waals surface area contributed by atoms with E-state index in [1.54, 1.807) is 0 Å². The maximum absolute atomic E-state index is 12.2. The van der Waals surface area contributed by atoms with Crippen molar-refractivity contribution in [2.45, 2.75) is 77.9 Å². The van der Waals surface area contributed by atoms with E-state index in [9.17, 15) is 4.79 Å². The molecule has 1 aliphatic rings. The van der Waals surface area contributed by atoms with Gasteiger partial charge in [0, 0.05) is 18.1 Å². The van der Waals surface area contributed by atoms with Crippen LogP contribution in [0.2, 0.25) is 0 Å². The van der Waals surface area contributed by atoms with Gasteiger partial charge < -0.3 is 10.2 Å². The van der Waals surface area contributed by atoms with Crippen LogP contribution >= 0.6 is 0 Å². The normalized spacial score (nSPS) is 25.9. The van der Waals surface area contributed by atoms with Gasteiger partial charge in [-0.3, -0.25) is 0 Å². The van der Waals surface area contributed by atoms with E-state index < -0.39 is 0 Å². The minimum atomic E-state index is 0.133. The SMILES string of the molecule is CCC(CC)NC(=O)N1C(C)CCCC1C. The molecule has 94 valence electrons. The van der Waals surface area contributed by atoms with Crippen LogP contribution in [-0.2, 0) is 0 Å². The van der Waals surface area contributed by atoms with Crippen LogP contribution < -0.4 is 5.32 Å². The second kappa shape index (κ2) is 6.12. The molecule has 1 fully saturated rings. The van der Waals surface area contributed by atoms with E-state index in [0.717, 1.165) is 25.7 Å². The summed E-state index contributed by atoms with van der Waals surface area (Å²) in [5.74, 6) is 0. The van der Waals surface area contributed by atoms with E-state index in [1.165, 1.54) is 6.42 Å². The molecule has 3 nitrogen and oxygen atoms in total. The zero-order valence-corrected chi connectivity index (χ0v) is 11.1. The van der Waals surface area contributed by atoms with Gasteiger partial charge in [-0.2, -0.15) is 0 Å². The maximum Gasteiger partial charge on any atom is 0.318 e. The highest BCUT2D eigenvalue weighted by atomic mass is 16.2. The third-order valence-electron chi connectivity index (χ3n) is 3.74. The first-order chi connectivity index (χ1) is 7.60. The molecular formula is C13H26N2O. The first-order valence-electron chi connectivity index (χ1n) is 6.68. The average Bonchev–Trinajstić information content (AvgIpc) is 2.25. The molecule has 0 saturated carbocycles. The summed E-state index contributed by atoms with van der Waals surface area (Å²) in [6.45, 7) is 8.55. The van der Waals surface area contributed by atoms with Crippen LogP contribution in [-0.4, -0.2) is 29.1 Å². The minimum absolute atomic E-state index is 0.133. The van der Waals surface area contributed by atoms with Crippen LogP contribution in [0.3, 0.4) is 0 Å². The smallest absolute Gasteiger partial charge is 0.318 e. The third kappa shape index (κ3) is 3.13. The Morgan fingerprint density at radius 3 is 2.19 bits per heavy atom. The van der Waals surface area contributed by atoms with Crippen molar-refractivity contribution in [1.82, 2.24) is 10.2 Å². The van der Waals surface area contributed by atoms with Gasteiger partial charge in [-0.05, 0) is 46.0 Å². The summed E-state index contributed by atoms with van der Waals surface area (Å²) >= 11 is 0. The first kappa shape index (κ1) is 13.3. The fourth-order valence-corrected chi connectivity index (χ4v) is 2.56. The van der Waals surface area contributed by atoms with Crippen LogP contribution in [0.4, 0.5) is 4.79 Å². The summed E-state index contributed by atoms with van der Waals surface area (Å²) in [6, 6.07) is 1.23. The molecule has 3 heteroatoms. The Morgan fingerprint density at radius 2 is 1.75 bits per heavy atom. The van der Waals surface area contributed by atoms with Gasteiger partial charge in [-0.25, -0.2) is 4.79 Å². The molecule has 0 aliphatic carbocycles. The number of likely N-dealkylation sites (tertiary alicyclic amines) is 1. The van der Waals surface area contributed by atoms with Crippen LogP contribution in [0.25, 0.3) is 0 Å². The molecule has 0 radical (unpaired) electrons. The van der Waals surface area contributed by atoms with E-state index in [0.29, 0.717) is 18.1 Å². The van der Waals surface area contributed by atoms with Crippen LogP contribution in [0, 0.1) is 0 Å². The number of urea groups is 1. The number of carbonyl (C=O) groups is 1. The molecule has 2 unspecified atom stereocenters. The highest BCUT2D eigenvalue weighted by Gasteiger charge is 2.29. The summed E-state index contributed by atoms with van der Waals surface area (Å²) in [6.07, 6.45) is 5.55. The lowest BCUT2D eigenvalue weighted by Crippen LogP contribution is -2.53. The predicted molar refractivity (Wildman–Crippen MR) is 67.5 cm³/mol. The zero-order valence-electron chi connectivity index (χ0n) is 11.1. The predicted octanol–water partition coefficient (Wildman–Crippen LogP) is 3.15. The molecule has 0 aromatic rings. The molecule has 16 heavy (non-hydrogen) atoms. The van der Waals surface area contributed by atoms with E-state index in [2.05, 4.69) is 33.0 Å².